The molecular weight excluding hydrogens is 356 g/mol. The van der Waals surface area contributed by atoms with Crippen molar-refractivity contribution in [3.05, 3.63) is 63.4 Å². The Morgan fingerprint density at radius 2 is 2.00 bits per heavy atom. The predicted octanol–water partition coefficient (Wildman–Crippen LogP) is 2.52. The van der Waals surface area contributed by atoms with E-state index in [1.807, 2.05) is 12.3 Å². The Balaban J connectivity index is 1.35. The Hall–Kier alpha value is -2.93. The normalized spacial score (nSPS) is 17.5. The van der Waals surface area contributed by atoms with Crippen LogP contribution < -0.4 is 10.5 Å². The van der Waals surface area contributed by atoms with Gasteiger partial charge in [-0.3, -0.25) is 9.88 Å². The van der Waals surface area contributed by atoms with Crippen molar-refractivity contribution in [3.8, 4) is 17.2 Å². The lowest BCUT2D eigenvalue weighted by atomic mass is 10.00. The number of fused-ring (bicyclic) bond motifs is 2. The zero-order valence-electron chi connectivity index (χ0n) is 15.8. The van der Waals surface area contributed by atoms with E-state index in [2.05, 4.69) is 45.2 Å². The van der Waals surface area contributed by atoms with Gasteiger partial charge in [0.2, 0.25) is 5.89 Å². The molecule has 0 saturated carbocycles. The van der Waals surface area contributed by atoms with Gasteiger partial charge in [-0.2, -0.15) is 0 Å². The van der Waals surface area contributed by atoms with Gasteiger partial charge in [-0.1, -0.05) is 6.07 Å². The van der Waals surface area contributed by atoms with Crippen LogP contribution in [-0.4, -0.2) is 39.8 Å². The summed E-state index contributed by atoms with van der Waals surface area (Å²) in [5, 5.41) is 6.26. The van der Waals surface area contributed by atoms with Crippen LogP contribution in [0.3, 0.4) is 0 Å². The number of benzene rings is 1. The molecule has 1 atom stereocenters. The average molecular weight is 378 g/mol. The van der Waals surface area contributed by atoms with Gasteiger partial charge in [0, 0.05) is 37.3 Å². The summed E-state index contributed by atoms with van der Waals surface area (Å²) in [6.07, 6.45) is 4.83. The number of aromatic nitrogens is 3. The monoisotopic (exact) mass is 378 g/mol. The molecule has 3 aromatic rings. The molecule has 2 aliphatic rings. The van der Waals surface area contributed by atoms with E-state index in [-0.39, 0.29) is 6.04 Å². The quantitative estimate of drug-likeness (QED) is 0.754. The molecule has 144 valence electrons. The maximum absolute atomic E-state index is 11.2. The van der Waals surface area contributed by atoms with Gasteiger partial charge in [0.05, 0.1) is 12.3 Å². The molecule has 7 nitrogen and oxygen atoms in total. The van der Waals surface area contributed by atoms with Crippen LogP contribution in [0.25, 0.3) is 11.5 Å². The van der Waals surface area contributed by atoms with E-state index in [4.69, 9.17) is 9.15 Å². The SMILES string of the molecule is C[C@H](c1cnc2c(c1)OCC2)N1CCc2ccc(-c3n[nH]c(=O)o3)cc2CC1. The summed E-state index contributed by atoms with van der Waals surface area (Å²) in [6, 6.07) is 8.61. The fourth-order valence-electron chi connectivity index (χ4n) is 4.11. The highest BCUT2D eigenvalue weighted by molar-refractivity contribution is 5.55. The molecule has 2 aliphatic heterocycles. The Labute approximate surface area is 162 Å². The van der Waals surface area contributed by atoms with Crippen LogP contribution in [0.1, 0.15) is 35.3 Å². The first kappa shape index (κ1) is 17.2. The molecule has 2 aromatic heterocycles. The molecule has 1 aromatic carbocycles. The maximum Gasteiger partial charge on any atom is 0.434 e. The van der Waals surface area contributed by atoms with Crippen molar-refractivity contribution in [2.75, 3.05) is 19.7 Å². The van der Waals surface area contributed by atoms with Crippen molar-refractivity contribution in [1.82, 2.24) is 20.1 Å². The molecule has 1 N–H and O–H groups in total. The standard InChI is InChI=1S/C21H22N4O3/c1-13(17-11-19-18(22-12-17)6-9-27-19)25-7-4-14-2-3-16(10-15(14)5-8-25)20-23-24-21(26)28-20/h2-3,10-13H,4-9H2,1H3,(H,24,26)/t13-/m1/s1. The molecule has 4 heterocycles. The zero-order chi connectivity index (χ0) is 19.1. The Morgan fingerprint density at radius 3 is 2.82 bits per heavy atom. The lowest BCUT2D eigenvalue weighted by Gasteiger charge is -2.27. The molecule has 5 rings (SSSR count). The van der Waals surface area contributed by atoms with Gasteiger partial charge >= 0.3 is 5.76 Å². The number of rotatable bonds is 3. The Bertz CT molecular complexity index is 1070. The summed E-state index contributed by atoms with van der Waals surface area (Å²) in [7, 11) is 0. The summed E-state index contributed by atoms with van der Waals surface area (Å²) in [5.74, 6) is 0.746. The minimum absolute atomic E-state index is 0.278. The molecular formula is C21H22N4O3. The lowest BCUT2D eigenvalue weighted by molar-refractivity contribution is 0.220. The number of ether oxygens (including phenoxy) is 1. The van der Waals surface area contributed by atoms with Crippen LogP contribution in [0.5, 0.6) is 5.75 Å². The van der Waals surface area contributed by atoms with Crippen molar-refractivity contribution < 1.29 is 9.15 Å². The molecule has 0 fully saturated rings. The maximum atomic E-state index is 11.2. The van der Waals surface area contributed by atoms with Crippen molar-refractivity contribution in [2.24, 2.45) is 0 Å². The smallest absolute Gasteiger partial charge is 0.434 e. The number of pyridine rings is 1. The average Bonchev–Trinajstić information content (AvgIpc) is 3.30. The number of nitrogens with zero attached hydrogens (tertiary/aromatic N) is 3. The fraction of sp³-hybridized carbons (Fsp3) is 0.381. The number of H-pyrrole nitrogens is 1. The van der Waals surface area contributed by atoms with Gasteiger partial charge in [-0.15, -0.1) is 5.10 Å². The van der Waals surface area contributed by atoms with Crippen LogP contribution in [0.4, 0.5) is 0 Å². The van der Waals surface area contributed by atoms with E-state index in [0.717, 1.165) is 56.0 Å². The second-order valence-electron chi connectivity index (χ2n) is 7.43. The molecule has 0 saturated heterocycles. The summed E-state index contributed by atoms with van der Waals surface area (Å²) < 4.78 is 10.8. The third-order valence-corrected chi connectivity index (χ3v) is 5.81. The first-order valence-electron chi connectivity index (χ1n) is 9.71. The van der Waals surface area contributed by atoms with Gasteiger partial charge < -0.3 is 9.15 Å². The second-order valence-corrected chi connectivity index (χ2v) is 7.43. The third-order valence-electron chi connectivity index (χ3n) is 5.81. The number of aromatic amines is 1. The van der Waals surface area contributed by atoms with Crippen molar-refractivity contribution in [1.29, 1.82) is 0 Å². The van der Waals surface area contributed by atoms with Gasteiger partial charge in [-0.25, -0.2) is 9.89 Å². The fourth-order valence-corrected chi connectivity index (χ4v) is 4.11. The molecule has 7 heteroatoms. The first-order chi connectivity index (χ1) is 13.7. The second kappa shape index (κ2) is 6.91. The highest BCUT2D eigenvalue weighted by Crippen LogP contribution is 2.30. The summed E-state index contributed by atoms with van der Waals surface area (Å²) in [6.45, 7) is 4.92. The third kappa shape index (κ3) is 3.11. The van der Waals surface area contributed by atoms with E-state index >= 15 is 0 Å². The van der Waals surface area contributed by atoms with Crippen molar-refractivity contribution in [2.45, 2.75) is 32.2 Å². The zero-order valence-corrected chi connectivity index (χ0v) is 15.8. The van der Waals surface area contributed by atoms with E-state index in [9.17, 15) is 4.79 Å². The Morgan fingerprint density at radius 1 is 1.14 bits per heavy atom. The van der Waals surface area contributed by atoms with Crippen LogP contribution in [0.15, 0.2) is 39.7 Å². The molecule has 0 amide bonds. The number of hydrogen-bond acceptors (Lipinski definition) is 6. The summed E-state index contributed by atoms with van der Waals surface area (Å²) in [4.78, 5) is 18.3. The lowest BCUT2D eigenvalue weighted by Crippen LogP contribution is -2.29. The van der Waals surface area contributed by atoms with Crippen LogP contribution >= 0.6 is 0 Å². The molecule has 0 radical (unpaired) electrons. The molecule has 0 bridgehead atoms. The van der Waals surface area contributed by atoms with Crippen LogP contribution in [-0.2, 0) is 19.3 Å². The molecule has 0 unspecified atom stereocenters. The molecule has 0 spiro atoms. The van der Waals surface area contributed by atoms with Gasteiger partial charge in [0.15, 0.2) is 0 Å². The Kier molecular flexibility index (Phi) is 4.24. The molecule has 0 aliphatic carbocycles. The highest BCUT2D eigenvalue weighted by Gasteiger charge is 2.23. The largest absolute Gasteiger partial charge is 0.491 e. The highest BCUT2D eigenvalue weighted by atomic mass is 16.5. The van der Waals surface area contributed by atoms with Gasteiger partial charge in [0.1, 0.15) is 5.75 Å². The van der Waals surface area contributed by atoms with Crippen molar-refractivity contribution in [3.63, 3.8) is 0 Å². The van der Waals surface area contributed by atoms with Crippen LogP contribution in [0.2, 0.25) is 0 Å². The minimum atomic E-state index is -0.531. The first-order valence-corrected chi connectivity index (χ1v) is 9.71. The number of hydrogen-bond donors (Lipinski definition) is 1. The minimum Gasteiger partial charge on any atom is -0.491 e. The van der Waals surface area contributed by atoms with E-state index in [1.54, 1.807) is 0 Å². The topological polar surface area (TPSA) is 84.2 Å². The van der Waals surface area contributed by atoms with Crippen LogP contribution in [0, 0.1) is 0 Å². The predicted molar refractivity (Wildman–Crippen MR) is 103 cm³/mol. The van der Waals surface area contributed by atoms with E-state index < -0.39 is 5.76 Å². The summed E-state index contributed by atoms with van der Waals surface area (Å²) in [5.41, 5.74) is 5.72. The molecule has 28 heavy (non-hydrogen) atoms. The number of nitrogens with one attached hydrogen (secondary N) is 1. The van der Waals surface area contributed by atoms with Crippen molar-refractivity contribution >= 4 is 0 Å². The van der Waals surface area contributed by atoms with E-state index in [0.29, 0.717) is 5.89 Å². The van der Waals surface area contributed by atoms with E-state index in [1.165, 1.54) is 16.7 Å². The van der Waals surface area contributed by atoms with Gasteiger partial charge in [0.25, 0.3) is 0 Å². The summed E-state index contributed by atoms with van der Waals surface area (Å²) >= 11 is 0. The van der Waals surface area contributed by atoms with Gasteiger partial charge in [-0.05, 0) is 54.7 Å².